The molecule has 1 saturated carbocycles. The molecule has 0 saturated heterocycles. The highest BCUT2D eigenvalue weighted by Crippen LogP contribution is 2.47. The largest absolute Gasteiger partial charge is 0.468 e. The number of allylic oxidation sites excluding steroid dienone is 2. The SMILES string of the molecule is CC1=C(C2CCCCC2)OC(c2c(C)cccc2C)N1c1ccccc1C. The van der Waals surface area contributed by atoms with Gasteiger partial charge in [0.15, 0.2) is 0 Å². The van der Waals surface area contributed by atoms with Crippen LogP contribution in [0.1, 0.15) is 67.5 Å². The fourth-order valence-corrected chi connectivity index (χ4v) is 4.85. The van der Waals surface area contributed by atoms with Crippen LogP contribution in [0.3, 0.4) is 0 Å². The van der Waals surface area contributed by atoms with E-state index in [0.717, 1.165) is 0 Å². The molecular weight excluding hydrogens is 330 g/mol. The summed E-state index contributed by atoms with van der Waals surface area (Å²) in [6.45, 7) is 8.86. The van der Waals surface area contributed by atoms with Crippen LogP contribution in [0.4, 0.5) is 5.69 Å². The Morgan fingerprint density at radius 2 is 1.41 bits per heavy atom. The molecule has 2 aromatic rings. The van der Waals surface area contributed by atoms with Crippen LogP contribution in [-0.2, 0) is 4.74 Å². The van der Waals surface area contributed by atoms with Gasteiger partial charge in [0.1, 0.15) is 5.76 Å². The van der Waals surface area contributed by atoms with Gasteiger partial charge in [-0.15, -0.1) is 0 Å². The molecule has 1 aliphatic heterocycles. The smallest absolute Gasteiger partial charge is 0.202 e. The van der Waals surface area contributed by atoms with Crippen LogP contribution in [0, 0.1) is 26.7 Å². The van der Waals surface area contributed by atoms with Gasteiger partial charge in [0.2, 0.25) is 6.23 Å². The molecule has 1 fully saturated rings. The summed E-state index contributed by atoms with van der Waals surface area (Å²) in [6, 6.07) is 15.2. The second-order valence-electron chi connectivity index (χ2n) is 8.22. The summed E-state index contributed by atoms with van der Waals surface area (Å²) in [6.07, 6.45) is 6.46. The van der Waals surface area contributed by atoms with E-state index in [0.29, 0.717) is 5.92 Å². The van der Waals surface area contributed by atoms with Crippen molar-refractivity contribution in [2.75, 3.05) is 4.90 Å². The normalized spacial score (nSPS) is 20.9. The molecule has 142 valence electrons. The van der Waals surface area contributed by atoms with Crippen molar-refractivity contribution in [1.29, 1.82) is 0 Å². The molecular formula is C25H31NO. The molecule has 27 heavy (non-hydrogen) atoms. The van der Waals surface area contributed by atoms with Gasteiger partial charge in [-0.2, -0.15) is 0 Å². The van der Waals surface area contributed by atoms with E-state index >= 15 is 0 Å². The number of para-hydroxylation sites is 1. The summed E-state index contributed by atoms with van der Waals surface area (Å²) in [5, 5.41) is 0. The molecule has 1 heterocycles. The number of nitrogens with zero attached hydrogens (tertiary/aromatic N) is 1. The monoisotopic (exact) mass is 361 g/mol. The van der Waals surface area contributed by atoms with E-state index in [1.165, 1.54) is 71.5 Å². The molecule has 4 rings (SSSR count). The zero-order valence-corrected chi connectivity index (χ0v) is 17.1. The first-order valence-electron chi connectivity index (χ1n) is 10.4. The molecule has 0 N–H and O–H groups in total. The van der Waals surface area contributed by atoms with Crippen molar-refractivity contribution in [2.45, 2.75) is 66.0 Å². The maximum absolute atomic E-state index is 6.79. The number of ether oxygens (including phenoxy) is 1. The van der Waals surface area contributed by atoms with Gasteiger partial charge < -0.3 is 9.64 Å². The first kappa shape index (κ1) is 18.2. The second-order valence-corrected chi connectivity index (χ2v) is 8.22. The van der Waals surface area contributed by atoms with Gasteiger partial charge in [-0.05, 0) is 63.3 Å². The van der Waals surface area contributed by atoms with E-state index in [1.807, 2.05) is 0 Å². The predicted octanol–water partition coefficient (Wildman–Crippen LogP) is 6.96. The lowest BCUT2D eigenvalue weighted by Crippen LogP contribution is -2.25. The molecule has 2 nitrogen and oxygen atoms in total. The first-order valence-corrected chi connectivity index (χ1v) is 10.4. The van der Waals surface area contributed by atoms with Gasteiger partial charge in [-0.1, -0.05) is 55.7 Å². The highest BCUT2D eigenvalue weighted by atomic mass is 16.5. The molecule has 0 bridgehead atoms. The zero-order valence-electron chi connectivity index (χ0n) is 17.1. The van der Waals surface area contributed by atoms with Crippen LogP contribution in [0.5, 0.6) is 0 Å². The van der Waals surface area contributed by atoms with Gasteiger partial charge in [0.25, 0.3) is 0 Å². The zero-order chi connectivity index (χ0) is 19.0. The average molecular weight is 362 g/mol. The standard InChI is InChI=1S/C25H31NO/c1-17-11-8-9-16-22(17)26-20(4)24(21-14-6-5-7-15-21)27-25(26)23-18(2)12-10-13-19(23)3/h8-13,16,21,25H,5-7,14-15H2,1-4H3. The van der Waals surface area contributed by atoms with Crippen LogP contribution in [0.2, 0.25) is 0 Å². The van der Waals surface area contributed by atoms with Crippen LogP contribution < -0.4 is 4.90 Å². The van der Waals surface area contributed by atoms with E-state index in [9.17, 15) is 0 Å². The quantitative estimate of drug-likeness (QED) is 0.586. The lowest BCUT2D eigenvalue weighted by atomic mass is 9.87. The number of benzene rings is 2. The third-order valence-electron chi connectivity index (χ3n) is 6.33. The van der Waals surface area contributed by atoms with E-state index in [2.05, 4.69) is 75.1 Å². The van der Waals surface area contributed by atoms with E-state index < -0.39 is 0 Å². The van der Waals surface area contributed by atoms with Crippen molar-refractivity contribution in [1.82, 2.24) is 0 Å². The summed E-state index contributed by atoms with van der Waals surface area (Å²) in [4.78, 5) is 2.44. The highest BCUT2D eigenvalue weighted by molar-refractivity contribution is 5.61. The summed E-state index contributed by atoms with van der Waals surface area (Å²) >= 11 is 0. The van der Waals surface area contributed by atoms with Gasteiger partial charge >= 0.3 is 0 Å². The van der Waals surface area contributed by atoms with Gasteiger partial charge in [0.05, 0.1) is 5.70 Å². The Hall–Kier alpha value is -2.22. The molecule has 0 radical (unpaired) electrons. The fraction of sp³-hybridized carbons (Fsp3) is 0.440. The molecule has 1 unspecified atom stereocenters. The van der Waals surface area contributed by atoms with Crippen molar-refractivity contribution in [3.05, 3.63) is 76.2 Å². The summed E-state index contributed by atoms with van der Waals surface area (Å²) in [7, 11) is 0. The highest BCUT2D eigenvalue weighted by Gasteiger charge is 2.38. The van der Waals surface area contributed by atoms with E-state index in [1.54, 1.807) is 0 Å². The Balaban J connectivity index is 1.82. The first-order chi connectivity index (χ1) is 13.1. The third-order valence-corrected chi connectivity index (χ3v) is 6.33. The summed E-state index contributed by atoms with van der Waals surface area (Å²) in [5.41, 5.74) is 7.76. The number of anilines is 1. The van der Waals surface area contributed by atoms with E-state index in [4.69, 9.17) is 4.74 Å². The Morgan fingerprint density at radius 1 is 0.778 bits per heavy atom. The Labute approximate surface area is 163 Å². The summed E-state index contributed by atoms with van der Waals surface area (Å²) in [5.74, 6) is 1.80. The third kappa shape index (κ3) is 3.26. The molecule has 0 aromatic heterocycles. The number of aryl methyl sites for hydroxylation is 3. The molecule has 0 spiro atoms. The van der Waals surface area contributed by atoms with Gasteiger partial charge in [0, 0.05) is 17.2 Å². The van der Waals surface area contributed by atoms with Crippen molar-refractivity contribution >= 4 is 5.69 Å². The lowest BCUT2D eigenvalue weighted by Gasteiger charge is -2.30. The molecule has 2 heteroatoms. The average Bonchev–Trinajstić information content (AvgIpc) is 3.00. The minimum Gasteiger partial charge on any atom is -0.468 e. The summed E-state index contributed by atoms with van der Waals surface area (Å²) < 4.78 is 6.79. The predicted molar refractivity (Wildman–Crippen MR) is 113 cm³/mol. The van der Waals surface area contributed by atoms with Crippen LogP contribution in [0.15, 0.2) is 53.9 Å². The Morgan fingerprint density at radius 3 is 2.07 bits per heavy atom. The molecule has 2 aromatic carbocycles. The van der Waals surface area contributed by atoms with Crippen molar-refractivity contribution in [3.63, 3.8) is 0 Å². The second kappa shape index (κ2) is 7.42. The molecule has 2 aliphatic rings. The van der Waals surface area contributed by atoms with Crippen molar-refractivity contribution in [3.8, 4) is 0 Å². The molecule has 1 atom stereocenters. The fourth-order valence-electron chi connectivity index (χ4n) is 4.85. The maximum Gasteiger partial charge on any atom is 0.202 e. The Bertz CT molecular complexity index is 840. The molecule has 0 amide bonds. The minimum atomic E-state index is -0.0655. The maximum atomic E-state index is 6.79. The van der Waals surface area contributed by atoms with E-state index in [-0.39, 0.29) is 6.23 Å². The van der Waals surface area contributed by atoms with Crippen LogP contribution in [0.25, 0.3) is 0 Å². The van der Waals surface area contributed by atoms with Crippen LogP contribution >= 0.6 is 0 Å². The number of rotatable bonds is 3. The molecule has 1 aliphatic carbocycles. The minimum absolute atomic E-state index is 0.0655. The van der Waals surface area contributed by atoms with Crippen molar-refractivity contribution in [2.24, 2.45) is 5.92 Å². The van der Waals surface area contributed by atoms with Gasteiger partial charge in [-0.25, -0.2) is 0 Å². The van der Waals surface area contributed by atoms with Crippen LogP contribution in [-0.4, -0.2) is 0 Å². The van der Waals surface area contributed by atoms with Crippen molar-refractivity contribution < 1.29 is 4.74 Å². The van der Waals surface area contributed by atoms with Gasteiger partial charge in [-0.3, -0.25) is 0 Å². The number of hydrogen-bond acceptors (Lipinski definition) is 2. The topological polar surface area (TPSA) is 12.5 Å². The number of hydrogen-bond donors (Lipinski definition) is 0. The Kier molecular flexibility index (Phi) is 4.99. The lowest BCUT2D eigenvalue weighted by molar-refractivity contribution is 0.111.